The molecule has 0 bridgehead atoms. The number of nitrogens with zero attached hydrogens (tertiary/aromatic N) is 3. The molecule has 0 unspecified atom stereocenters. The van der Waals surface area contributed by atoms with Gasteiger partial charge in [-0.25, -0.2) is 4.98 Å². The monoisotopic (exact) mass is 420 g/mol. The number of aromatic nitrogens is 4. The van der Waals surface area contributed by atoms with Crippen LogP contribution in [0.4, 0.5) is 13.2 Å². The number of para-hydroxylation sites is 1. The van der Waals surface area contributed by atoms with Crippen LogP contribution in [0.1, 0.15) is 27.3 Å². The quantitative estimate of drug-likeness (QED) is 0.406. The van der Waals surface area contributed by atoms with Gasteiger partial charge in [0.15, 0.2) is 5.82 Å². The third-order valence-electron chi connectivity index (χ3n) is 5.17. The van der Waals surface area contributed by atoms with E-state index in [1.54, 1.807) is 24.7 Å². The predicted molar refractivity (Wildman–Crippen MR) is 110 cm³/mol. The fourth-order valence-corrected chi connectivity index (χ4v) is 3.65. The highest BCUT2D eigenvalue weighted by Gasteiger charge is 2.30. The molecule has 0 aliphatic heterocycles. The highest BCUT2D eigenvalue weighted by molar-refractivity contribution is 6.15. The number of hydrogen-bond acceptors (Lipinski definition) is 3. The minimum absolute atomic E-state index is 0.209. The van der Waals surface area contributed by atoms with Gasteiger partial charge in [-0.2, -0.15) is 13.2 Å². The van der Waals surface area contributed by atoms with Crippen LogP contribution in [-0.4, -0.2) is 25.3 Å². The SMILES string of the molecule is O=C(c1nc2ccncc2[nH]1)c1cn(Cc2ccc(C(F)(F)F)cc2)c2ccccc12. The lowest BCUT2D eigenvalue weighted by Crippen LogP contribution is -2.05. The summed E-state index contributed by atoms with van der Waals surface area (Å²) in [5.41, 5.74) is 2.59. The molecule has 5 rings (SSSR count). The van der Waals surface area contributed by atoms with Gasteiger partial charge in [-0.3, -0.25) is 9.78 Å². The first kappa shape index (κ1) is 19.0. The van der Waals surface area contributed by atoms with Gasteiger partial charge in [0.1, 0.15) is 0 Å². The molecule has 5 nitrogen and oxygen atoms in total. The predicted octanol–water partition coefficient (Wildman–Crippen LogP) is 5.21. The van der Waals surface area contributed by atoms with Gasteiger partial charge in [-0.15, -0.1) is 0 Å². The number of nitrogens with one attached hydrogen (secondary N) is 1. The van der Waals surface area contributed by atoms with Crippen molar-refractivity contribution in [1.29, 1.82) is 0 Å². The molecule has 0 aliphatic rings. The summed E-state index contributed by atoms with van der Waals surface area (Å²) >= 11 is 0. The lowest BCUT2D eigenvalue weighted by atomic mass is 10.1. The van der Waals surface area contributed by atoms with E-state index in [0.29, 0.717) is 28.7 Å². The normalized spacial score (nSPS) is 12.0. The number of hydrogen-bond donors (Lipinski definition) is 1. The van der Waals surface area contributed by atoms with Crippen molar-refractivity contribution in [3.63, 3.8) is 0 Å². The van der Waals surface area contributed by atoms with Crippen LogP contribution in [0.3, 0.4) is 0 Å². The summed E-state index contributed by atoms with van der Waals surface area (Å²) in [6.45, 7) is 0.329. The van der Waals surface area contributed by atoms with Crippen molar-refractivity contribution in [2.45, 2.75) is 12.7 Å². The van der Waals surface area contributed by atoms with Crippen molar-refractivity contribution in [3.8, 4) is 0 Å². The van der Waals surface area contributed by atoms with Crippen LogP contribution in [0.5, 0.6) is 0 Å². The number of alkyl halides is 3. The van der Waals surface area contributed by atoms with E-state index in [2.05, 4.69) is 15.0 Å². The summed E-state index contributed by atoms with van der Waals surface area (Å²) in [7, 11) is 0. The van der Waals surface area contributed by atoms with Gasteiger partial charge in [-0.05, 0) is 29.8 Å². The van der Waals surface area contributed by atoms with E-state index in [1.165, 1.54) is 12.1 Å². The second kappa shape index (κ2) is 7.09. The van der Waals surface area contributed by atoms with Crippen LogP contribution >= 0.6 is 0 Å². The second-order valence-electron chi connectivity index (χ2n) is 7.19. The molecular formula is C23H15F3N4O. The first-order valence-corrected chi connectivity index (χ1v) is 9.48. The molecule has 31 heavy (non-hydrogen) atoms. The Kier molecular flexibility index (Phi) is 4.35. The van der Waals surface area contributed by atoms with Crippen molar-refractivity contribution in [2.24, 2.45) is 0 Å². The summed E-state index contributed by atoms with van der Waals surface area (Å²) in [4.78, 5) is 24.6. The third-order valence-corrected chi connectivity index (χ3v) is 5.17. The molecule has 0 fully saturated rings. The zero-order valence-corrected chi connectivity index (χ0v) is 16.0. The van der Waals surface area contributed by atoms with Crippen molar-refractivity contribution >= 4 is 27.7 Å². The summed E-state index contributed by atoms with van der Waals surface area (Å²) < 4.78 is 40.3. The van der Waals surface area contributed by atoms with Gasteiger partial charge >= 0.3 is 6.18 Å². The maximum Gasteiger partial charge on any atom is 0.416 e. The van der Waals surface area contributed by atoms with E-state index in [-0.39, 0.29) is 11.6 Å². The summed E-state index contributed by atoms with van der Waals surface area (Å²) in [5, 5.41) is 0.748. The molecule has 2 aromatic carbocycles. The minimum Gasteiger partial charge on any atom is -0.342 e. The number of carbonyl (C=O) groups excluding carboxylic acids is 1. The Morgan fingerprint density at radius 3 is 2.55 bits per heavy atom. The molecule has 3 heterocycles. The van der Waals surface area contributed by atoms with Gasteiger partial charge in [0.05, 0.1) is 28.4 Å². The number of halogens is 3. The Morgan fingerprint density at radius 1 is 1.03 bits per heavy atom. The smallest absolute Gasteiger partial charge is 0.342 e. The molecule has 0 amide bonds. The molecule has 0 saturated carbocycles. The molecule has 154 valence electrons. The Hall–Kier alpha value is -3.94. The molecule has 8 heteroatoms. The van der Waals surface area contributed by atoms with Crippen LogP contribution < -0.4 is 0 Å². The van der Waals surface area contributed by atoms with Gasteiger partial charge in [0.25, 0.3) is 0 Å². The zero-order chi connectivity index (χ0) is 21.6. The maximum atomic E-state index is 13.2. The molecule has 0 spiro atoms. The van der Waals surface area contributed by atoms with E-state index in [4.69, 9.17) is 0 Å². The van der Waals surface area contributed by atoms with Crippen molar-refractivity contribution in [3.05, 3.63) is 95.7 Å². The maximum absolute atomic E-state index is 13.2. The van der Waals surface area contributed by atoms with Crippen LogP contribution in [0, 0.1) is 0 Å². The average Bonchev–Trinajstić information content (AvgIpc) is 3.35. The average molecular weight is 420 g/mol. The number of ketones is 1. The lowest BCUT2D eigenvalue weighted by Gasteiger charge is -2.09. The van der Waals surface area contributed by atoms with Gasteiger partial charge in [-0.1, -0.05) is 30.3 Å². The number of pyridine rings is 1. The molecule has 0 aliphatic carbocycles. The second-order valence-corrected chi connectivity index (χ2v) is 7.19. The Bertz CT molecular complexity index is 1380. The highest BCUT2D eigenvalue weighted by atomic mass is 19.4. The number of benzene rings is 2. The van der Waals surface area contributed by atoms with Crippen LogP contribution in [0.15, 0.2) is 73.2 Å². The fraction of sp³-hybridized carbons (Fsp3) is 0.0870. The first-order chi connectivity index (χ1) is 14.9. The Balaban J connectivity index is 1.53. The van der Waals surface area contributed by atoms with E-state index in [1.807, 2.05) is 28.8 Å². The zero-order valence-electron chi connectivity index (χ0n) is 16.0. The number of carbonyl (C=O) groups is 1. The molecule has 1 N–H and O–H groups in total. The number of fused-ring (bicyclic) bond motifs is 2. The fourth-order valence-electron chi connectivity index (χ4n) is 3.65. The first-order valence-electron chi connectivity index (χ1n) is 9.48. The summed E-state index contributed by atoms with van der Waals surface area (Å²) in [5.74, 6) is -0.0565. The molecule has 5 aromatic rings. The molecule has 0 saturated heterocycles. The topological polar surface area (TPSA) is 63.6 Å². The van der Waals surface area contributed by atoms with Gasteiger partial charge in [0.2, 0.25) is 5.78 Å². The standard InChI is InChI=1S/C23H15F3N4O/c24-23(25,26)15-7-5-14(6-8-15)12-30-13-17(16-3-1-2-4-20(16)30)21(31)22-28-18-9-10-27-11-19(18)29-22/h1-11,13H,12H2,(H,28,29). The van der Waals surface area contributed by atoms with Gasteiger partial charge < -0.3 is 9.55 Å². The number of H-pyrrole nitrogens is 1. The van der Waals surface area contributed by atoms with Crippen LogP contribution in [0.2, 0.25) is 0 Å². The number of imidazole rings is 1. The minimum atomic E-state index is -4.37. The molecule has 3 aromatic heterocycles. The third kappa shape index (κ3) is 3.46. The highest BCUT2D eigenvalue weighted by Crippen LogP contribution is 2.30. The van der Waals surface area contributed by atoms with E-state index >= 15 is 0 Å². The Morgan fingerprint density at radius 2 is 1.81 bits per heavy atom. The Labute approximate surface area is 174 Å². The summed E-state index contributed by atoms with van der Waals surface area (Å²) in [6.07, 6.45) is 0.552. The molecular weight excluding hydrogens is 405 g/mol. The van der Waals surface area contributed by atoms with E-state index in [0.717, 1.165) is 23.0 Å². The number of rotatable bonds is 4. The summed E-state index contributed by atoms with van der Waals surface area (Å²) in [6, 6.07) is 14.2. The van der Waals surface area contributed by atoms with Crippen molar-refractivity contribution < 1.29 is 18.0 Å². The number of aromatic amines is 1. The van der Waals surface area contributed by atoms with Gasteiger partial charge in [0, 0.05) is 29.8 Å². The van der Waals surface area contributed by atoms with Crippen molar-refractivity contribution in [1.82, 2.24) is 19.5 Å². The molecule has 0 atom stereocenters. The lowest BCUT2D eigenvalue weighted by molar-refractivity contribution is -0.137. The van der Waals surface area contributed by atoms with Crippen molar-refractivity contribution in [2.75, 3.05) is 0 Å². The largest absolute Gasteiger partial charge is 0.416 e. The van der Waals surface area contributed by atoms with Crippen LogP contribution in [0.25, 0.3) is 21.9 Å². The van der Waals surface area contributed by atoms with E-state index < -0.39 is 11.7 Å². The van der Waals surface area contributed by atoms with Crippen LogP contribution in [-0.2, 0) is 12.7 Å². The van der Waals surface area contributed by atoms with E-state index in [9.17, 15) is 18.0 Å². The molecule has 0 radical (unpaired) electrons.